The first-order chi connectivity index (χ1) is 12.5. The molecule has 2 aromatic carbocycles. The Bertz CT molecular complexity index is 911. The van der Waals surface area contributed by atoms with Crippen molar-refractivity contribution in [2.24, 2.45) is 0 Å². The molecule has 0 spiro atoms. The Kier molecular flexibility index (Phi) is 5.04. The van der Waals surface area contributed by atoms with Crippen LogP contribution in [0.1, 0.15) is 11.1 Å². The van der Waals surface area contributed by atoms with Crippen molar-refractivity contribution in [1.82, 2.24) is 4.90 Å². The normalized spacial score (nSPS) is 15.6. The molecule has 0 aromatic heterocycles. The molecule has 3 rings (SSSR count). The first kappa shape index (κ1) is 17.7. The topological polar surface area (TPSA) is 89.8 Å². The molecule has 7 nitrogen and oxygen atoms in total. The highest BCUT2D eigenvalue weighted by Crippen LogP contribution is 2.35. The lowest BCUT2D eigenvalue weighted by atomic mass is 10.1. The summed E-state index contributed by atoms with van der Waals surface area (Å²) in [5.74, 6) is -0.286. The number of amides is 2. The number of thioether (sulfide) groups is 1. The number of nitrogens with zero attached hydrogens (tertiary/aromatic N) is 2. The van der Waals surface area contributed by atoms with Crippen LogP contribution in [0.15, 0.2) is 53.4 Å². The van der Waals surface area contributed by atoms with Crippen molar-refractivity contribution in [3.05, 3.63) is 74.7 Å². The summed E-state index contributed by atoms with van der Waals surface area (Å²) in [4.78, 5) is 36.6. The summed E-state index contributed by atoms with van der Waals surface area (Å²) >= 11 is 0.818. The third-order valence-corrected chi connectivity index (χ3v) is 4.66. The molecule has 2 amide bonds. The van der Waals surface area contributed by atoms with E-state index in [0.717, 1.165) is 22.2 Å². The van der Waals surface area contributed by atoms with Crippen molar-refractivity contribution in [2.75, 3.05) is 7.11 Å². The third-order valence-electron chi connectivity index (χ3n) is 3.75. The molecule has 0 atom stereocenters. The van der Waals surface area contributed by atoms with Gasteiger partial charge in [-0.05, 0) is 35.0 Å². The Labute approximate surface area is 153 Å². The van der Waals surface area contributed by atoms with Gasteiger partial charge in [-0.1, -0.05) is 36.4 Å². The minimum Gasteiger partial charge on any atom is -0.490 e. The SMILES string of the molecule is COc1ccc(/C=C2\SC(=O)N(Cc3ccccc3)C2=O)cc1[N+](=O)[O-]. The summed E-state index contributed by atoms with van der Waals surface area (Å²) in [6.45, 7) is 0.186. The van der Waals surface area contributed by atoms with E-state index in [2.05, 4.69) is 0 Å². The fourth-order valence-corrected chi connectivity index (χ4v) is 3.33. The van der Waals surface area contributed by atoms with Crippen LogP contribution in [-0.2, 0) is 11.3 Å². The Balaban J connectivity index is 1.86. The minimum absolute atomic E-state index is 0.129. The zero-order valence-electron chi connectivity index (χ0n) is 13.7. The van der Waals surface area contributed by atoms with Gasteiger partial charge in [0.25, 0.3) is 11.1 Å². The summed E-state index contributed by atoms with van der Waals surface area (Å²) in [5, 5.41) is 10.7. The molecule has 132 valence electrons. The molecule has 0 N–H and O–H groups in total. The number of carbonyl (C=O) groups excluding carboxylic acids is 2. The zero-order chi connectivity index (χ0) is 18.7. The number of imide groups is 1. The molecule has 0 saturated carbocycles. The second-order valence-corrected chi connectivity index (χ2v) is 6.44. The lowest BCUT2D eigenvalue weighted by molar-refractivity contribution is -0.385. The average Bonchev–Trinajstić information content (AvgIpc) is 2.90. The van der Waals surface area contributed by atoms with E-state index in [4.69, 9.17) is 4.74 Å². The Hall–Kier alpha value is -3.13. The molecule has 1 aliphatic heterocycles. The van der Waals surface area contributed by atoms with Gasteiger partial charge in [0.15, 0.2) is 5.75 Å². The molecular weight excluding hydrogens is 356 g/mol. The van der Waals surface area contributed by atoms with Crippen LogP contribution in [0.4, 0.5) is 10.5 Å². The average molecular weight is 370 g/mol. The van der Waals surface area contributed by atoms with Crippen molar-refractivity contribution in [3.63, 3.8) is 0 Å². The molecule has 2 aromatic rings. The Morgan fingerprint density at radius 3 is 2.58 bits per heavy atom. The van der Waals surface area contributed by atoms with Crippen LogP contribution >= 0.6 is 11.8 Å². The highest BCUT2D eigenvalue weighted by molar-refractivity contribution is 8.18. The van der Waals surface area contributed by atoms with Gasteiger partial charge >= 0.3 is 5.69 Å². The predicted molar refractivity (Wildman–Crippen MR) is 97.6 cm³/mol. The van der Waals surface area contributed by atoms with Crippen LogP contribution in [0, 0.1) is 10.1 Å². The van der Waals surface area contributed by atoms with E-state index < -0.39 is 10.8 Å². The maximum Gasteiger partial charge on any atom is 0.311 e. The number of nitro groups is 1. The highest BCUT2D eigenvalue weighted by Gasteiger charge is 2.35. The van der Waals surface area contributed by atoms with Gasteiger partial charge in [0.2, 0.25) is 0 Å². The standard InChI is InChI=1S/C18H14N2O5S/c1-25-15-8-7-13(9-14(15)20(23)24)10-16-17(21)19(18(22)26-16)11-12-5-3-2-4-6-12/h2-10H,11H2,1H3/b16-10-. The van der Waals surface area contributed by atoms with Crippen molar-refractivity contribution < 1.29 is 19.2 Å². The van der Waals surface area contributed by atoms with E-state index in [0.29, 0.717) is 5.56 Å². The highest BCUT2D eigenvalue weighted by atomic mass is 32.2. The molecule has 0 radical (unpaired) electrons. The van der Waals surface area contributed by atoms with E-state index in [1.165, 1.54) is 25.3 Å². The maximum atomic E-state index is 12.5. The quantitative estimate of drug-likeness (QED) is 0.451. The van der Waals surface area contributed by atoms with Crippen molar-refractivity contribution in [2.45, 2.75) is 6.54 Å². The van der Waals surface area contributed by atoms with Crippen LogP contribution in [-0.4, -0.2) is 28.1 Å². The van der Waals surface area contributed by atoms with E-state index in [1.807, 2.05) is 30.3 Å². The molecule has 0 unspecified atom stereocenters. The second kappa shape index (κ2) is 7.40. The van der Waals surface area contributed by atoms with Crippen LogP contribution in [0.2, 0.25) is 0 Å². The molecule has 26 heavy (non-hydrogen) atoms. The summed E-state index contributed by atoms with van der Waals surface area (Å²) in [6.07, 6.45) is 1.47. The zero-order valence-corrected chi connectivity index (χ0v) is 14.6. The fraction of sp³-hybridized carbons (Fsp3) is 0.111. The first-order valence-corrected chi connectivity index (χ1v) is 8.43. The molecular formula is C18H14N2O5S. The summed E-state index contributed by atoms with van der Waals surface area (Å²) in [7, 11) is 1.34. The number of ether oxygens (including phenoxy) is 1. The summed E-state index contributed by atoms with van der Waals surface area (Å²) in [6, 6.07) is 13.5. The van der Waals surface area contributed by atoms with E-state index in [1.54, 1.807) is 6.07 Å². The van der Waals surface area contributed by atoms with Gasteiger partial charge < -0.3 is 4.74 Å². The van der Waals surface area contributed by atoms with Gasteiger partial charge in [-0.2, -0.15) is 0 Å². The number of hydrogen-bond acceptors (Lipinski definition) is 6. The number of methoxy groups -OCH3 is 1. The molecule has 1 heterocycles. The van der Waals surface area contributed by atoms with Gasteiger partial charge in [0.05, 0.1) is 23.5 Å². The molecule has 8 heteroatoms. The van der Waals surface area contributed by atoms with Gasteiger partial charge in [0, 0.05) is 6.07 Å². The molecule has 0 bridgehead atoms. The summed E-state index contributed by atoms with van der Waals surface area (Å²) < 4.78 is 4.96. The molecule has 1 fully saturated rings. The van der Waals surface area contributed by atoms with Gasteiger partial charge in [-0.3, -0.25) is 24.6 Å². The van der Waals surface area contributed by atoms with Crippen LogP contribution in [0.25, 0.3) is 6.08 Å². The predicted octanol–water partition coefficient (Wildman–Crippen LogP) is 3.84. The van der Waals surface area contributed by atoms with Gasteiger partial charge in [-0.25, -0.2) is 0 Å². The minimum atomic E-state index is -0.558. The number of carbonyl (C=O) groups is 2. The van der Waals surface area contributed by atoms with Crippen molar-refractivity contribution in [1.29, 1.82) is 0 Å². The second-order valence-electron chi connectivity index (χ2n) is 5.44. The molecule has 1 aliphatic rings. The largest absolute Gasteiger partial charge is 0.490 e. The Morgan fingerprint density at radius 1 is 1.19 bits per heavy atom. The van der Waals surface area contributed by atoms with E-state index in [9.17, 15) is 19.7 Å². The molecule has 1 saturated heterocycles. The Morgan fingerprint density at radius 2 is 1.92 bits per heavy atom. The maximum absolute atomic E-state index is 12.5. The molecule has 0 aliphatic carbocycles. The monoisotopic (exact) mass is 370 g/mol. The van der Waals surface area contributed by atoms with Crippen LogP contribution in [0.5, 0.6) is 5.75 Å². The van der Waals surface area contributed by atoms with Crippen molar-refractivity contribution in [3.8, 4) is 5.75 Å². The third kappa shape index (κ3) is 3.60. The van der Waals surface area contributed by atoms with Gasteiger partial charge in [0.1, 0.15) is 0 Å². The first-order valence-electron chi connectivity index (χ1n) is 7.61. The van der Waals surface area contributed by atoms with E-state index in [-0.39, 0.29) is 28.1 Å². The number of rotatable bonds is 5. The number of hydrogen-bond donors (Lipinski definition) is 0. The van der Waals surface area contributed by atoms with E-state index >= 15 is 0 Å². The summed E-state index contributed by atoms with van der Waals surface area (Å²) in [5.41, 5.74) is 1.09. The van der Waals surface area contributed by atoms with Crippen LogP contribution in [0.3, 0.4) is 0 Å². The lowest BCUT2D eigenvalue weighted by Crippen LogP contribution is -2.27. The van der Waals surface area contributed by atoms with Gasteiger partial charge in [-0.15, -0.1) is 0 Å². The number of nitro benzene ring substituents is 1. The number of benzene rings is 2. The van der Waals surface area contributed by atoms with Crippen molar-refractivity contribution >= 4 is 34.7 Å². The fourth-order valence-electron chi connectivity index (χ4n) is 2.49. The lowest BCUT2D eigenvalue weighted by Gasteiger charge is -2.12. The van der Waals surface area contributed by atoms with Crippen LogP contribution < -0.4 is 4.74 Å². The smallest absolute Gasteiger partial charge is 0.311 e.